The van der Waals surface area contributed by atoms with E-state index in [1.165, 1.54) is 0 Å². The Kier molecular flexibility index (Phi) is 4.66. The predicted molar refractivity (Wildman–Crippen MR) is 122 cm³/mol. The van der Waals surface area contributed by atoms with Crippen LogP contribution in [0.25, 0.3) is 10.9 Å². The Morgan fingerprint density at radius 3 is 2.26 bits per heavy atom. The van der Waals surface area contributed by atoms with Crippen LogP contribution in [0.2, 0.25) is 0 Å². The second-order valence-electron chi connectivity index (χ2n) is 7.62. The number of methoxy groups -OCH3 is 1. The fraction of sp³-hybridized carbons (Fsp3) is 0.192. The topological polar surface area (TPSA) is 43.7 Å². The van der Waals surface area contributed by atoms with Crippen LogP contribution in [0.3, 0.4) is 0 Å². The number of hydrogen-bond donors (Lipinski definition) is 0. The molecule has 0 bridgehead atoms. The minimum absolute atomic E-state index is 0.00208. The van der Waals surface area contributed by atoms with Crippen LogP contribution < -0.4 is 14.4 Å². The van der Waals surface area contributed by atoms with Crippen LogP contribution in [-0.2, 0) is 7.05 Å². The van der Waals surface area contributed by atoms with Gasteiger partial charge < -0.3 is 14.0 Å². The highest BCUT2D eigenvalue weighted by molar-refractivity contribution is 6.15. The molecule has 156 valence electrons. The average molecular weight is 412 g/mol. The van der Waals surface area contributed by atoms with Gasteiger partial charge in [0.1, 0.15) is 17.2 Å². The Labute approximate surface area is 181 Å². The van der Waals surface area contributed by atoms with Crippen molar-refractivity contribution in [3.05, 3.63) is 89.6 Å². The number of ether oxygens (including phenoxy) is 2. The standard InChI is InChI=1S/C26H24N2O3/c1-4-31-20-13-9-17(10-14-20)24-23-21-7-5-6-8-22(21)27(2)25(23)26(29)28(24)18-11-15-19(30-3)16-12-18/h5-16,24H,4H2,1-3H3/t24-/m1/s1. The molecule has 0 N–H and O–H groups in total. The van der Waals surface area contributed by atoms with Gasteiger partial charge in [0.2, 0.25) is 0 Å². The first-order valence-corrected chi connectivity index (χ1v) is 10.4. The highest BCUT2D eigenvalue weighted by Gasteiger charge is 2.42. The average Bonchev–Trinajstić information content (AvgIpc) is 3.27. The highest BCUT2D eigenvalue weighted by Crippen LogP contribution is 2.46. The summed E-state index contributed by atoms with van der Waals surface area (Å²) in [6, 6.07) is 23.7. The van der Waals surface area contributed by atoms with Crippen LogP contribution >= 0.6 is 0 Å². The number of rotatable bonds is 5. The zero-order valence-corrected chi connectivity index (χ0v) is 17.8. The van der Waals surface area contributed by atoms with Crippen molar-refractivity contribution in [2.45, 2.75) is 13.0 Å². The van der Waals surface area contributed by atoms with E-state index in [-0.39, 0.29) is 11.9 Å². The largest absolute Gasteiger partial charge is 0.497 e. The minimum atomic E-state index is -0.224. The molecular formula is C26H24N2O3. The van der Waals surface area contributed by atoms with Crippen molar-refractivity contribution in [1.82, 2.24) is 4.57 Å². The monoisotopic (exact) mass is 412 g/mol. The van der Waals surface area contributed by atoms with E-state index in [1.54, 1.807) is 7.11 Å². The van der Waals surface area contributed by atoms with Crippen molar-refractivity contribution >= 4 is 22.5 Å². The van der Waals surface area contributed by atoms with Gasteiger partial charge in [-0.05, 0) is 55.0 Å². The number of aryl methyl sites for hydroxylation is 1. The molecule has 3 aromatic carbocycles. The van der Waals surface area contributed by atoms with Gasteiger partial charge in [-0.2, -0.15) is 0 Å². The lowest BCUT2D eigenvalue weighted by Crippen LogP contribution is -2.29. The lowest BCUT2D eigenvalue weighted by atomic mass is 9.97. The SMILES string of the molecule is CCOc1ccc([C@@H]2c3c(n(C)c4ccccc34)C(=O)N2c2ccc(OC)cc2)cc1. The zero-order valence-electron chi connectivity index (χ0n) is 17.8. The van der Waals surface area contributed by atoms with Crippen LogP contribution in [0.15, 0.2) is 72.8 Å². The zero-order chi connectivity index (χ0) is 21.5. The minimum Gasteiger partial charge on any atom is -0.497 e. The summed E-state index contributed by atoms with van der Waals surface area (Å²) in [5.74, 6) is 1.58. The number of nitrogens with zero attached hydrogens (tertiary/aromatic N) is 2. The molecule has 0 radical (unpaired) electrons. The van der Waals surface area contributed by atoms with E-state index < -0.39 is 0 Å². The maximum absolute atomic E-state index is 13.7. The molecular weight excluding hydrogens is 388 g/mol. The number of fused-ring (bicyclic) bond motifs is 3. The maximum atomic E-state index is 13.7. The Bertz CT molecular complexity index is 1260. The highest BCUT2D eigenvalue weighted by atomic mass is 16.5. The molecule has 4 aromatic rings. The van der Waals surface area contributed by atoms with Crippen molar-refractivity contribution in [3.8, 4) is 11.5 Å². The Morgan fingerprint density at radius 1 is 0.903 bits per heavy atom. The number of carbonyl (C=O) groups is 1. The molecule has 5 nitrogen and oxygen atoms in total. The maximum Gasteiger partial charge on any atom is 0.276 e. The third-order valence-corrected chi connectivity index (χ3v) is 5.96. The summed E-state index contributed by atoms with van der Waals surface area (Å²) in [7, 11) is 3.60. The molecule has 0 unspecified atom stereocenters. The van der Waals surface area contributed by atoms with Crippen molar-refractivity contribution in [1.29, 1.82) is 0 Å². The van der Waals surface area contributed by atoms with E-state index >= 15 is 0 Å². The van der Waals surface area contributed by atoms with Crippen LogP contribution in [-0.4, -0.2) is 24.2 Å². The number of benzene rings is 3. The summed E-state index contributed by atoms with van der Waals surface area (Å²) in [6.07, 6.45) is 0. The summed E-state index contributed by atoms with van der Waals surface area (Å²) in [5, 5.41) is 1.10. The van der Waals surface area contributed by atoms with Gasteiger partial charge in [-0.3, -0.25) is 9.69 Å². The van der Waals surface area contributed by atoms with E-state index in [0.29, 0.717) is 6.61 Å². The van der Waals surface area contributed by atoms with Crippen LogP contribution in [0, 0.1) is 0 Å². The molecule has 1 atom stereocenters. The van der Waals surface area contributed by atoms with E-state index in [1.807, 2.05) is 72.0 Å². The third kappa shape index (κ3) is 2.96. The smallest absolute Gasteiger partial charge is 0.276 e. The van der Waals surface area contributed by atoms with Crippen molar-refractivity contribution in [2.24, 2.45) is 7.05 Å². The number of hydrogen-bond acceptors (Lipinski definition) is 3. The molecule has 0 saturated heterocycles. The van der Waals surface area contributed by atoms with Gasteiger partial charge in [0.15, 0.2) is 0 Å². The van der Waals surface area contributed by atoms with Gasteiger partial charge in [0, 0.05) is 29.2 Å². The summed E-state index contributed by atoms with van der Waals surface area (Å²) in [4.78, 5) is 15.6. The van der Waals surface area contributed by atoms with E-state index in [9.17, 15) is 4.79 Å². The van der Waals surface area contributed by atoms with E-state index in [4.69, 9.17) is 9.47 Å². The summed E-state index contributed by atoms with van der Waals surface area (Å²) < 4.78 is 12.9. The fourth-order valence-electron chi connectivity index (χ4n) is 4.56. The number of aromatic nitrogens is 1. The summed E-state index contributed by atoms with van der Waals surface area (Å²) in [5.41, 5.74) is 4.72. The second kappa shape index (κ2) is 7.51. The quantitative estimate of drug-likeness (QED) is 0.445. The van der Waals surface area contributed by atoms with Crippen molar-refractivity contribution in [3.63, 3.8) is 0 Å². The number of carbonyl (C=O) groups excluding carboxylic acids is 1. The second-order valence-corrected chi connectivity index (χ2v) is 7.62. The normalized spacial score (nSPS) is 15.4. The molecule has 2 heterocycles. The molecule has 1 amide bonds. The predicted octanol–water partition coefficient (Wildman–Crippen LogP) is 5.34. The summed E-state index contributed by atoms with van der Waals surface area (Å²) in [6.45, 7) is 2.59. The van der Waals surface area contributed by atoms with Gasteiger partial charge >= 0.3 is 0 Å². The first-order valence-electron chi connectivity index (χ1n) is 10.4. The molecule has 1 aromatic heterocycles. The Hall–Kier alpha value is -3.73. The lowest BCUT2D eigenvalue weighted by molar-refractivity contribution is 0.0986. The van der Waals surface area contributed by atoms with Crippen LogP contribution in [0.4, 0.5) is 5.69 Å². The Morgan fingerprint density at radius 2 is 1.58 bits per heavy atom. The molecule has 0 spiro atoms. The van der Waals surface area contributed by atoms with Crippen LogP contribution in [0.1, 0.15) is 34.6 Å². The third-order valence-electron chi connectivity index (χ3n) is 5.96. The molecule has 5 rings (SSSR count). The van der Waals surface area contributed by atoms with Gasteiger partial charge in [-0.15, -0.1) is 0 Å². The number of anilines is 1. The van der Waals surface area contributed by atoms with E-state index in [0.717, 1.165) is 44.9 Å². The van der Waals surface area contributed by atoms with Gasteiger partial charge in [0.05, 0.1) is 19.8 Å². The molecule has 0 saturated carbocycles. The van der Waals surface area contributed by atoms with Crippen LogP contribution in [0.5, 0.6) is 11.5 Å². The Balaban J connectivity index is 1.71. The van der Waals surface area contributed by atoms with E-state index in [2.05, 4.69) is 24.3 Å². The lowest BCUT2D eigenvalue weighted by Gasteiger charge is -2.27. The molecule has 31 heavy (non-hydrogen) atoms. The molecule has 1 aliphatic rings. The molecule has 0 fully saturated rings. The number of para-hydroxylation sites is 1. The molecule has 0 aliphatic carbocycles. The van der Waals surface area contributed by atoms with Crippen molar-refractivity contribution < 1.29 is 14.3 Å². The van der Waals surface area contributed by atoms with Gasteiger partial charge in [0.25, 0.3) is 5.91 Å². The van der Waals surface area contributed by atoms with Gasteiger partial charge in [-0.25, -0.2) is 0 Å². The first-order chi connectivity index (χ1) is 15.1. The number of amides is 1. The van der Waals surface area contributed by atoms with Crippen molar-refractivity contribution in [2.75, 3.05) is 18.6 Å². The summed E-state index contributed by atoms with van der Waals surface area (Å²) >= 11 is 0. The molecule has 1 aliphatic heterocycles. The fourth-order valence-corrected chi connectivity index (χ4v) is 4.56. The first kappa shape index (κ1) is 19.2. The molecule has 5 heteroatoms. The van der Waals surface area contributed by atoms with Gasteiger partial charge in [-0.1, -0.05) is 30.3 Å².